The van der Waals surface area contributed by atoms with Gasteiger partial charge < -0.3 is 5.32 Å². The van der Waals surface area contributed by atoms with E-state index in [1.807, 2.05) is 30.3 Å². The molecule has 2 heterocycles. The van der Waals surface area contributed by atoms with Gasteiger partial charge in [-0.05, 0) is 44.5 Å². The molecule has 0 saturated heterocycles. The van der Waals surface area contributed by atoms with E-state index in [1.165, 1.54) is 17.7 Å². The highest BCUT2D eigenvalue weighted by molar-refractivity contribution is 7.15. The number of fused-ring (bicyclic) bond motifs is 1. The number of unbranched alkanes of at least 4 members (excludes halogenated alkanes) is 2. The van der Waals surface area contributed by atoms with Crippen molar-refractivity contribution in [3.05, 3.63) is 52.9 Å². The Morgan fingerprint density at radius 3 is 2.73 bits per heavy atom. The number of nitrogens with zero attached hydrogens (tertiary/aromatic N) is 1. The van der Waals surface area contributed by atoms with Crippen LogP contribution in [-0.4, -0.2) is 16.9 Å². The maximum absolute atomic E-state index is 13.0. The van der Waals surface area contributed by atoms with E-state index in [2.05, 4.69) is 38.2 Å². The van der Waals surface area contributed by atoms with Crippen LogP contribution in [0.2, 0.25) is 0 Å². The van der Waals surface area contributed by atoms with Gasteiger partial charge in [-0.25, -0.2) is 4.98 Å². The molecule has 0 fully saturated rings. The number of hydrogen-bond acceptors (Lipinski definition) is 3. The third-order valence-electron chi connectivity index (χ3n) is 4.57. The molecule has 0 saturated carbocycles. The highest BCUT2D eigenvalue weighted by Gasteiger charge is 2.16. The van der Waals surface area contributed by atoms with Gasteiger partial charge in [0, 0.05) is 16.3 Å². The summed E-state index contributed by atoms with van der Waals surface area (Å²) >= 11 is 1.70. The first-order chi connectivity index (χ1) is 12.6. The average molecular weight is 367 g/mol. The van der Waals surface area contributed by atoms with E-state index >= 15 is 0 Å². The minimum atomic E-state index is -0.0119. The Balaban J connectivity index is 1.92. The van der Waals surface area contributed by atoms with Crippen LogP contribution in [0.3, 0.4) is 0 Å². The predicted molar refractivity (Wildman–Crippen MR) is 111 cm³/mol. The number of carbonyl (C=O) groups excluding carboxylic acids is 1. The van der Waals surface area contributed by atoms with Gasteiger partial charge in [0.15, 0.2) is 0 Å². The van der Waals surface area contributed by atoms with E-state index in [0.29, 0.717) is 5.56 Å². The molecular formula is C22H26N2OS. The Morgan fingerprint density at radius 1 is 1.19 bits per heavy atom. The van der Waals surface area contributed by atoms with E-state index in [0.717, 1.165) is 34.3 Å². The number of amides is 1. The lowest BCUT2D eigenvalue weighted by Gasteiger charge is -2.15. The highest BCUT2D eigenvalue weighted by Crippen LogP contribution is 2.29. The van der Waals surface area contributed by atoms with Crippen LogP contribution in [-0.2, 0) is 0 Å². The summed E-state index contributed by atoms with van der Waals surface area (Å²) < 4.78 is 0. The molecule has 3 rings (SSSR count). The van der Waals surface area contributed by atoms with Crippen molar-refractivity contribution in [2.24, 2.45) is 0 Å². The second-order valence-electron chi connectivity index (χ2n) is 6.85. The number of nitrogens with one attached hydrogen (secondary N) is 1. The number of hydrogen-bond donors (Lipinski definition) is 1. The molecule has 0 radical (unpaired) electrons. The highest BCUT2D eigenvalue weighted by atomic mass is 32.1. The van der Waals surface area contributed by atoms with Crippen molar-refractivity contribution in [3.8, 4) is 10.6 Å². The first kappa shape index (κ1) is 18.6. The van der Waals surface area contributed by atoms with Gasteiger partial charge in [-0.15, -0.1) is 11.3 Å². The Hall–Kier alpha value is -2.20. The first-order valence-electron chi connectivity index (χ1n) is 9.36. The quantitative estimate of drug-likeness (QED) is 0.523. The largest absolute Gasteiger partial charge is 0.350 e. The van der Waals surface area contributed by atoms with Gasteiger partial charge in [0.2, 0.25) is 0 Å². The third kappa shape index (κ3) is 4.31. The summed E-state index contributed by atoms with van der Waals surface area (Å²) in [6.07, 6.45) is 4.56. The van der Waals surface area contributed by atoms with Gasteiger partial charge in [0.1, 0.15) is 0 Å². The summed E-state index contributed by atoms with van der Waals surface area (Å²) in [5.41, 5.74) is 2.43. The van der Waals surface area contributed by atoms with Crippen LogP contribution in [0.4, 0.5) is 0 Å². The standard InChI is InChI=1S/C22H26N2OS/c1-4-5-6-9-15(2)23-22(25)18-14-20(21-13-12-16(3)26-21)24-19-11-8-7-10-17(18)19/h7-8,10-15H,4-6,9H2,1-3H3,(H,23,25). The second kappa shape index (κ2) is 8.45. The second-order valence-corrected chi connectivity index (χ2v) is 8.14. The third-order valence-corrected chi connectivity index (χ3v) is 5.59. The Morgan fingerprint density at radius 2 is 2.00 bits per heavy atom. The van der Waals surface area contributed by atoms with E-state index in [1.54, 1.807) is 11.3 Å². The number of pyridine rings is 1. The van der Waals surface area contributed by atoms with Gasteiger partial charge in [-0.1, -0.05) is 44.4 Å². The van der Waals surface area contributed by atoms with Gasteiger partial charge in [0.05, 0.1) is 21.7 Å². The molecule has 1 atom stereocenters. The summed E-state index contributed by atoms with van der Waals surface area (Å²) in [5, 5.41) is 4.07. The summed E-state index contributed by atoms with van der Waals surface area (Å²) in [6.45, 7) is 6.36. The van der Waals surface area contributed by atoms with Crippen LogP contribution in [0, 0.1) is 6.92 Å². The maximum Gasteiger partial charge on any atom is 0.252 e. The van der Waals surface area contributed by atoms with E-state index in [9.17, 15) is 4.79 Å². The van der Waals surface area contributed by atoms with Crippen LogP contribution in [0.5, 0.6) is 0 Å². The molecule has 0 aliphatic rings. The number of benzene rings is 1. The van der Waals surface area contributed by atoms with Crippen molar-refractivity contribution in [2.45, 2.75) is 52.5 Å². The van der Waals surface area contributed by atoms with E-state index < -0.39 is 0 Å². The predicted octanol–water partition coefficient (Wildman–Crippen LogP) is 5.97. The topological polar surface area (TPSA) is 42.0 Å². The van der Waals surface area contributed by atoms with Crippen molar-refractivity contribution in [1.29, 1.82) is 0 Å². The number of aryl methyl sites for hydroxylation is 1. The van der Waals surface area contributed by atoms with Crippen LogP contribution >= 0.6 is 11.3 Å². The first-order valence-corrected chi connectivity index (χ1v) is 10.2. The molecule has 1 aromatic carbocycles. The minimum absolute atomic E-state index is 0.0119. The minimum Gasteiger partial charge on any atom is -0.350 e. The zero-order valence-electron chi connectivity index (χ0n) is 15.7. The summed E-state index contributed by atoms with van der Waals surface area (Å²) in [5.74, 6) is -0.0119. The molecule has 3 aromatic rings. The zero-order chi connectivity index (χ0) is 18.5. The molecular weight excluding hydrogens is 340 g/mol. The fraction of sp³-hybridized carbons (Fsp3) is 0.364. The molecule has 0 spiro atoms. The summed E-state index contributed by atoms with van der Waals surface area (Å²) in [4.78, 5) is 20.1. The molecule has 0 aliphatic carbocycles. The lowest BCUT2D eigenvalue weighted by molar-refractivity contribution is 0.0939. The SMILES string of the molecule is CCCCCC(C)NC(=O)c1cc(-c2ccc(C)s2)nc2ccccc12. The smallest absolute Gasteiger partial charge is 0.252 e. The molecule has 1 amide bonds. The van der Waals surface area contributed by atoms with Crippen molar-refractivity contribution in [1.82, 2.24) is 10.3 Å². The number of para-hydroxylation sites is 1. The van der Waals surface area contributed by atoms with Gasteiger partial charge in [-0.2, -0.15) is 0 Å². The Bertz CT molecular complexity index is 900. The van der Waals surface area contributed by atoms with Crippen LogP contribution in [0.15, 0.2) is 42.5 Å². The van der Waals surface area contributed by atoms with Gasteiger partial charge >= 0.3 is 0 Å². The number of carbonyl (C=O) groups is 1. The molecule has 1 N–H and O–H groups in total. The van der Waals surface area contributed by atoms with Crippen LogP contribution < -0.4 is 5.32 Å². The van der Waals surface area contributed by atoms with Crippen molar-refractivity contribution >= 4 is 28.1 Å². The lowest BCUT2D eigenvalue weighted by atomic mass is 10.0. The number of thiophene rings is 1. The molecule has 0 aliphatic heterocycles. The molecule has 0 bridgehead atoms. The molecule has 4 heteroatoms. The summed E-state index contributed by atoms with van der Waals surface area (Å²) in [7, 11) is 0. The Labute approximate surface area is 159 Å². The van der Waals surface area contributed by atoms with Gasteiger partial charge in [-0.3, -0.25) is 4.79 Å². The van der Waals surface area contributed by atoms with Crippen LogP contribution in [0.1, 0.15) is 54.8 Å². The van der Waals surface area contributed by atoms with E-state index in [4.69, 9.17) is 4.98 Å². The van der Waals surface area contributed by atoms with E-state index in [-0.39, 0.29) is 11.9 Å². The normalized spacial score (nSPS) is 12.3. The van der Waals surface area contributed by atoms with Crippen LogP contribution in [0.25, 0.3) is 21.5 Å². The van der Waals surface area contributed by atoms with Gasteiger partial charge in [0.25, 0.3) is 5.91 Å². The Kier molecular flexibility index (Phi) is 6.04. The van der Waals surface area contributed by atoms with Crippen molar-refractivity contribution < 1.29 is 4.79 Å². The molecule has 136 valence electrons. The number of rotatable bonds is 7. The molecule has 2 aromatic heterocycles. The maximum atomic E-state index is 13.0. The fourth-order valence-corrected chi connectivity index (χ4v) is 3.96. The monoisotopic (exact) mass is 366 g/mol. The summed E-state index contributed by atoms with van der Waals surface area (Å²) in [6, 6.07) is 14.1. The molecule has 1 unspecified atom stereocenters. The average Bonchev–Trinajstić information content (AvgIpc) is 3.07. The van der Waals surface area contributed by atoms with Crippen molar-refractivity contribution in [2.75, 3.05) is 0 Å². The molecule has 26 heavy (non-hydrogen) atoms. The lowest BCUT2D eigenvalue weighted by Crippen LogP contribution is -2.32. The zero-order valence-corrected chi connectivity index (χ0v) is 16.5. The van der Waals surface area contributed by atoms with Crippen molar-refractivity contribution in [3.63, 3.8) is 0 Å². The fourth-order valence-electron chi connectivity index (χ4n) is 3.14. The number of aromatic nitrogens is 1. The molecule has 3 nitrogen and oxygen atoms in total.